The highest BCUT2D eigenvalue weighted by Crippen LogP contribution is 2.32. The molecule has 0 aliphatic carbocycles. The molecule has 0 radical (unpaired) electrons. The minimum Gasteiger partial charge on any atom is -0.324 e. The summed E-state index contributed by atoms with van der Waals surface area (Å²) in [5, 5.41) is -0.353. The van der Waals surface area contributed by atoms with Crippen LogP contribution in [0.4, 0.5) is 17.6 Å². The second-order valence-electron chi connectivity index (χ2n) is 3.07. The van der Waals surface area contributed by atoms with Crippen LogP contribution in [0.5, 0.6) is 0 Å². The molecule has 0 aromatic heterocycles. The first kappa shape index (κ1) is 12.3. The molecule has 1 aromatic carbocycles. The van der Waals surface area contributed by atoms with Crippen molar-refractivity contribution in [3.63, 3.8) is 0 Å². The molecule has 1 nitrogen and oxygen atoms in total. The van der Waals surface area contributed by atoms with Crippen molar-refractivity contribution in [2.24, 2.45) is 5.73 Å². The average Bonchev–Trinajstić information content (AvgIpc) is 2.06. The van der Waals surface area contributed by atoms with Crippen LogP contribution in [0.1, 0.15) is 18.0 Å². The fourth-order valence-electron chi connectivity index (χ4n) is 1.17. The first-order chi connectivity index (χ1) is 6.81. The van der Waals surface area contributed by atoms with Crippen LogP contribution in [0.3, 0.4) is 0 Å². The van der Waals surface area contributed by atoms with E-state index in [2.05, 4.69) is 0 Å². The number of halogens is 5. The summed E-state index contributed by atoms with van der Waals surface area (Å²) in [5.74, 6) is -0.771. The van der Waals surface area contributed by atoms with Crippen molar-refractivity contribution < 1.29 is 17.6 Å². The predicted octanol–water partition coefficient (Wildman–Crippen LogP) is 3.43. The highest BCUT2D eigenvalue weighted by molar-refractivity contribution is 6.31. The Labute approximate surface area is 88.8 Å². The number of alkyl halides is 3. The third-order valence-corrected chi connectivity index (χ3v) is 2.23. The first-order valence-electron chi connectivity index (χ1n) is 4.07. The SMILES string of the molecule is N[C@H](CC(F)(F)F)c1cccc(F)c1Cl. The van der Waals surface area contributed by atoms with Gasteiger partial charge in [-0.15, -0.1) is 0 Å². The topological polar surface area (TPSA) is 26.0 Å². The molecular formula is C9H8ClF4N. The van der Waals surface area contributed by atoms with Gasteiger partial charge in [0.05, 0.1) is 11.4 Å². The van der Waals surface area contributed by atoms with Crippen LogP contribution in [0.25, 0.3) is 0 Å². The van der Waals surface area contributed by atoms with Gasteiger partial charge >= 0.3 is 6.18 Å². The van der Waals surface area contributed by atoms with E-state index < -0.39 is 24.5 Å². The van der Waals surface area contributed by atoms with Gasteiger partial charge in [-0.3, -0.25) is 0 Å². The summed E-state index contributed by atoms with van der Waals surface area (Å²) >= 11 is 5.49. The lowest BCUT2D eigenvalue weighted by atomic mass is 10.0. The monoisotopic (exact) mass is 241 g/mol. The van der Waals surface area contributed by atoms with Gasteiger partial charge in [0.2, 0.25) is 0 Å². The Balaban J connectivity index is 2.92. The van der Waals surface area contributed by atoms with Crippen molar-refractivity contribution in [3.05, 3.63) is 34.6 Å². The van der Waals surface area contributed by atoms with Gasteiger partial charge in [-0.05, 0) is 11.6 Å². The maximum Gasteiger partial charge on any atom is 0.390 e. The molecule has 6 heteroatoms. The number of hydrogen-bond donors (Lipinski definition) is 1. The summed E-state index contributed by atoms with van der Waals surface area (Å²) in [7, 11) is 0. The highest BCUT2D eigenvalue weighted by atomic mass is 35.5. The maximum absolute atomic E-state index is 12.9. The molecule has 0 amide bonds. The van der Waals surface area contributed by atoms with Crippen molar-refractivity contribution in [2.45, 2.75) is 18.6 Å². The van der Waals surface area contributed by atoms with Gasteiger partial charge in [0, 0.05) is 6.04 Å². The molecule has 0 unspecified atom stereocenters. The predicted molar refractivity (Wildman–Crippen MR) is 49.0 cm³/mol. The van der Waals surface area contributed by atoms with E-state index in [1.807, 2.05) is 0 Å². The molecule has 0 aliphatic rings. The maximum atomic E-state index is 12.9. The molecule has 0 spiro atoms. The van der Waals surface area contributed by atoms with Crippen molar-refractivity contribution in [1.29, 1.82) is 0 Å². The molecule has 1 atom stereocenters. The molecular weight excluding hydrogens is 234 g/mol. The molecule has 0 bridgehead atoms. The standard InChI is InChI=1S/C9H8ClF4N/c10-8-5(2-1-3-6(8)11)7(15)4-9(12,13)14/h1-3,7H,4,15H2/t7-/m1/s1. The zero-order valence-corrected chi connectivity index (χ0v) is 8.24. The van der Waals surface area contributed by atoms with Crippen molar-refractivity contribution in [1.82, 2.24) is 0 Å². The molecule has 1 rings (SSSR count). The third-order valence-electron chi connectivity index (χ3n) is 1.83. The number of rotatable bonds is 2. The van der Waals surface area contributed by atoms with Crippen LogP contribution in [0, 0.1) is 5.82 Å². The zero-order chi connectivity index (χ0) is 11.6. The molecule has 15 heavy (non-hydrogen) atoms. The Bertz CT molecular complexity index is 350. The quantitative estimate of drug-likeness (QED) is 0.789. The Kier molecular flexibility index (Phi) is 3.57. The van der Waals surface area contributed by atoms with Crippen molar-refractivity contribution in [3.8, 4) is 0 Å². The summed E-state index contributed by atoms with van der Waals surface area (Å²) in [4.78, 5) is 0. The van der Waals surface area contributed by atoms with Crippen LogP contribution in [0.15, 0.2) is 18.2 Å². The summed E-state index contributed by atoms with van der Waals surface area (Å²) in [6.07, 6.45) is -5.62. The molecule has 0 saturated heterocycles. The summed E-state index contributed by atoms with van der Waals surface area (Å²) in [6, 6.07) is 2.27. The Morgan fingerprint density at radius 2 is 1.93 bits per heavy atom. The van der Waals surface area contributed by atoms with E-state index in [0.29, 0.717) is 0 Å². The Morgan fingerprint density at radius 1 is 1.33 bits per heavy atom. The van der Waals surface area contributed by atoms with Gasteiger partial charge in [-0.25, -0.2) is 4.39 Å². The van der Waals surface area contributed by atoms with Crippen LogP contribution >= 0.6 is 11.6 Å². The highest BCUT2D eigenvalue weighted by Gasteiger charge is 2.31. The molecule has 0 saturated carbocycles. The van der Waals surface area contributed by atoms with E-state index in [0.717, 1.165) is 6.07 Å². The minimum atomic E-state index is -4.39. The third kappa shape index (κ3) is 3.35. The van der Waals surface area contributed by atoms with E-state index in [-0.39, 0.29) is 10.6 Å². The van der Waals surface area contributed by atoms with Crippen molar-refractivity contribution in [2.75, 3.05) is 0 Å². The van der Waals surface area contributed by atoms with E-state index in [1.54, 1.807) is 0 Å². The zero-order valence-electron chi connectivity index (χ0n) is 7.48. The molecule has 0 aliphatic heterocycles. The van der Waals surface area contributed by atoms with E-state index in [4.69, 9.17) is 17.3 Å². The van der Waals surface area contributed by atoms with E-state index >= 15 is 0 Å². The Morgan fingerprint density at radius 3 is 2.47 bits per heavy atom. The van der Waals surface area contributed by atoms with Gasteiger partial charge in [0.1, 0.15) is 5.82 Å². The molecule has 84 valence electrons. The van der Waals surface area contributed by atoms with Gasteiger partial charge in [-0.2, -0.15) is 13.2 Å². The van der Waals surface area contributed by atoms with Crippen molar-refractivity contribution >= 4 is 11.6 Å². The first-order valence-corrected chi connectivity index (χ1v) is 4.45. The lowest BCUT2D eigenvalue weighted by Crippen LogP contribution is -2.20. The summed E-state index contributed by atoms with van der Waals surface area (Å²) in [5.41, 5.74) is 5.25. The molecule has 1 aromatic rings. The van der Waals surface area contributed by atoms with E-state index in [9.17, 15) is 17.6 Å². The molecule has 2 N–H and O–H groups in total. The fourth-order valence-corrected chi connectivity index (χ4v) is 1.43. The lowest BCUT2D eigenvalue weighted by molar-refractivity contribution is -0.138. The van der Waals surface area contributed by atoms with Gasteiger partial charge in [0.25, 0.3) is 0 Å². The fraction of sp³-hybridized carbons (Fsp3) is 0.333. The average molecular weight is 242 g/mol. The largest absolute Gasteiger partial charge is 0.390 e. The molecule has 0 fully saturated rings. The number of benzene rings is 1. The normalized spacial score (nSPS) is 14.0. The minimum absolute atomic E-state index is 0.0333. The van der Waals surface area contributed by atoms with Crippen LogP contribution in [-0.4, -0.2) is 6.18 Å². The van der Waals surface area contributed by atoms with Crippen LogP contribution in [-0.2, 0) is 0 Å². The molecule has 0 heterocycles. The van der Waals surface area contributed by atoms with Gasteiger partial charge < -0.3 is 5.73 Å². The smallest absolute Gasteiger partial charge is 0.324 e. The van der Waals surface area contributed by atoms with Crippen LogP contribution < -0.4 is 5.73 Å². The van der Waals surface area contributed by atoms with Crippen LogP contribution in [0.2, 0.25) is 5.02 Å². The number of hydrogen-bond acceptors (Lipinski definition) is 1. The van der Waals surface area contributed by atoms with E-state index in [1.165, 1.54) is 12.1 Å². The number of nitrogens with two attached hydrogens (primary N) is 1. The second-order valence-corrected chi connectivity index (χ2v) is 3.45. The summed E-state index contributed by atoms with van der Waals surface area (Å²) in [6.45, 7) is 0. The van der Waals surface area contributed by atoms with Gasteiger partial charge in [0.15, 0.2) is 0 Å². The second kappa shape index (κ2) is 4.37. The Hall–Kier alpha value is -0.810. The lowest BCUT2D eigenvalue weighted by Gasteiger charge is -2.15. The summed E-state index contributed by atoms with van der Waals surface area (Å²) < 4.78 is 48.9. The van der Waals surface area contributed by atoms with Gasteiger partial charge in [-0.1, -0.05) is 23.7 Å².